The second-order valence-electron chi connectivity index (χ2n) is 5.58. The second-order valence-corrected chi connectivity index (χ2v) is 7.37. The Bertz CT molecular complexity index is 792. The molecule has 140 valence electrons. The average molecular weight is 396 g/mol. The normalized spacial score (nSPS) is 10.6. The number of hydrogen-bond acceptors (Lipinski definition) is 7. The fourth-order valence-corrected chi connectivity index (χ4v) is 3.81. The van der Waals surface area contributed by atoms with Gasteiger partial charge in [0.25, 0.3) is 11.6 Å². The van der Waals surface area contributed by atoms with Gasteiger partial charge in [-0.05, 0) is 38.5 Å². The zero-order valence-electron chi connectivity index (χ0n) is 14.9. The molecule has 0 saturated heterocycles. The van der Waals surface area contributed by atoms with E-state index in [2.05, 4.69) is 10.3 Å². The average Bonchev–Trinajstić information content (AvgIpc) is 3.05. The molecular formula is C17H21N3O4S2. The van der Waals surface area contributed by atoms with Gasteiger partial charge in [0.15, 0.2) is 0 Å². The molecule has 0 saturated carbocycles. The molecule has 0 unspecified atom stereocenters. The Morgan fingerprint density at radius 2 is 2.19 bits per heavy atom. The van der Waals surface area contributed by atoms with Gasteiger partial charge in [0.05, 0.1) is 28.0 Å². The maximum atomic E-state index is 12.4. The van der Waals surface area contributed by atoms with E-state index in [1.165, 1.54) is 31.0 Å². The van der Waals surface area contributed by atoms with Crippen LogP contribution in [-0.2, 0) is 6.42 Å². The number of carbonyl (C=O) groups is 1. The van der Waals surface area contributed by atoms with E-state index >= 15 is 0 Å². The summed E-state index contributed by atoms with van der Waals surface area (Å²) in [5.41, 5.74) is 0.820. The number of amides is 1. The smallest absolute Gasteiger partial charge is 0.285 e. The van der Waals surface area contributed by atoms with Crippen LogP contribution in [0.4, 0.5) is 5.69 Å². The molecule has 1 aromatic heterocycles. The molecule has 0 bridgehead atoms. The summed E-state index contributed by atoms with van der Waals surface area (Å²) in [4.78, 5) is 28.2. The van der Waals surface area contributed by atoms with E-state index in [0.717, 1.165) is 30.0 Å². The molecule has 7 nitrogen and oxygen atoms in total. The molecule has 2 rings (SSSR count). The molecule has 1 aromatic carbocycles. The van der Waals surface area contributed by atoms with Gasteiger partial charge in [-0.2, -0.15) is 0 Å². The second kappa shape index (κ2) is 9.54. The zero-order valence-corrected chi connectivity index (χ0v) is 16.5. The summed E-state index contributed by atoms with van der Waals surface area (Å²) >= 11 is 3.01. The summed E-state index contributed by atoms with van der Waals surface area (Å²) in [6.07, 6.45) is 4.37. The maximum Gasteiger partial charge on any atom is 0.285 e. The molecule has 9 heteroatoms. The van der Waals surface area contributed by atoms with Gasteiger partial charge < -0.3 is 10.1 Å². The molecule has 1 amide bonds. The van der Waals surface area contributed by atoms with Gasteiger partial charge in [-0.1, -0.05) is 0 Å². The van der Waals surface area contributed by atoms with Crippen LogP contribution in [0.3, 0.4) is 0 Å². The monoisotopic (exact) mass is 395 g/mol. The van der Waals surface area contributed by atoms with Crippen molar-refractivity contribution in [1.29, 1.82) is 0 Å². The first-order valence-corrected chi connectivity index (χ1v) is 10.2. The van der Waals surface area contributed by atoms with Crippen molar-refractivity contribution in [1.82, 2.24) is 10.3 Å². The number of nitro benzene ring substituents is 1. The van der Waals surface area contributed by atoms with Crippen molar-refractivity contribution in [3.05, 3.63) is 43.9 Å². The predicted octanol–water partition coefficient (Wildman–Crippen LogP) is 3.84. The van der Waals surface area contributed by atoms with Gasteiger partial charge in [-0.3, -0.25) is 14.9 Å². The number of methoxy groups -OCH3 is 1. The van der Waals surface area contributed by atoms with Crippen LogP contribution in [0.25, 0.3) is 0 Å². The lowest BCUT2D eigenvalue weighted by Crippen LogP contribution is -2.25. The molecule has 0 atom stereocenters. The standard InChI is InChI=1S/C17H21N3O4S2/c1-11-10-26-16(19-11)6-4-5-7-18-17(21)12-8-15(25-3)14(24-2)9-13(12)20(22)23/h8-10H,4-7H2,1-3H3,(H,18,21). The number of nitrogens with zero attached hydrogens (tertiary/aromatic N) is 2. The van der Waals surface area contributed by atoms with Crippen molar-refractivity contribution >= 4 is 34.7 Å². The van der Waals surface area contributed by atoms with Crippen molar-refractivity contribution in [2.24, 2.45) is 0 Å². The molecule has 0 aliphatic carbocycles. The number of nitro groups is 1. The molecule has 2 aromatic rings. The summed E-state index contributed by atoms with van der Waals surface area (Å²) in [5.74, 6) is -0.0563. The third-order valence-electron chi connectivity index (χ3n) is 3.71. The Labute approximate surface area is 160 Å². The van der Waals surface area contributed by atoms with E-state index in [1.54, 1.807) is 11.3 Å². The summed E-state index contributed by atoms with van der Waals surface area (Å²) in [5, 5.41) is 17.2. The van der Waals surface area contributed by atoms with Gasteiger partial charge in [-0.15, -0.1) is 23.1 Å². The zero-order chi connectivity index (χ0) is 19.1. The summed E-state index contributed by atoms with van der Waals surface area (Å²) in [6.45, 7) is 2.42. The molecule has 0 aliphatic rings. The van der Waals surface area contributed by atoms with E-state index in [0.29, 0.717) is 17.2 Å². The highest BCUT2D eigenvalue weighted by atomic mass is 32.2. The topological polar surface area (TPSA) is 94.4 Å². The third-order valence-corrected chi connectivity index (χ3v) is 5.50. The van der Waals surface area contributed by atoms with Gasteiger partial charge in [-0.25, -0.2) is 4.98 Å². The van der Waals surface area contributed by atoms with Crippen molar-refractivity contribution in [3.63, 3.8) is 0 Å². The Balaban J connectivity index is 1.96. The van der Waals surface area contributed by atoms with Crippen molar-refractivity contribution in [2.45, 2.75) is 31.1 Å². The number of thiazole rings is 1. The van der Waals surface area contributed by atoms with Crippen LogP contribution >= 0.6 is 23.1 Å². The van der Waals surface area contributed by atoms with Crippen molar-refractivity contribution in [2.75, 3.05) is 19.9 Å². The number of benzene rings is 1. The predicted molar refractivity (Wildman–Crippen MR) is 104 cm³/mol. The number of aromatic nitrogens is 1. The first-order valence-electron chi connectivity index (χ1n) is 8.06. The lowest BCUT2D eigenvalue weighted by Gasteiger charge is -2.10. The van der Waals surface area contributed by atoms with Crippen LogP contribution in [0, 0.1) is 17.0 Å². The SMILES string of the molecule is COc1cc([N+](=O)[O-])c(C(=O)NCCCCc2nc(C)cs2)cc1SC. The van der Waals surface area contributed by atoms with Crippen molar-refractivity contribution < 1.29 is 14.5 Å². The Morgan fingerprint density at radius 3 is 2.77 bits per heavy atom. The van der Waals surface area contributed by atoms with Crippen LogP contribution in [-0.4, -0.2) is 35.7 Å². The lowest BCUT2D eigenvalue weighted by molar-refractivity contribution is -0.385. The third kappa shape index (κ3) is 5.18. The molecule has 0 spiro atoms. The minimum absolute atomic E-state index is 0.0516. The Hall–Kier alpha value is -2.13. The van der Waals surface area contributed by atoms with Gasteiger partial charge in [0.1, 0.15) is 11.3 Å². The molecule has 1 N–H and O–H groups in total. The highest BCUT2D eigenvalue weighted by Crippen LogP contribution is 2.34. The summed E-state index contributed by atoms with van der Waals surface area (Å²) < 4.78 is 5.16. The fourth-order valence-electron chi connectivity index (χ4n) is 2.42. The number of rotatable bonds is 9. The number of aryl methyl sites for hydroxylation is 2. The molecule has 0 radical (unpaired) electrons. The van der Waals surface area contributed by atoms with Gasteiger partial charge in [0.2, 0.25) is 0 Å². The lowest BCUT2D eigenvalue weighted by atomic mass is 10.1. The summed E-state index contributed by atoms with van der Waals surface area (Å²) in [7, 11) is 1.45. The van der Waals surface area contributed by atoms with Gasteiger partial charge in [0, 0.05) is 17.6 Å². The number of nitrogens with one attached hydrogen (secondary N) is 1. The summed E-state index contributed by atoms with van der Waals surface area (Å²) in [6, 6.07) is 2.81. The number of hydrogen-bond donors (Lipinski definition) is 1. The number of unbranched alkanes of at least 4 members (excludes halogenated alkanes) is 1. The molecule has 26 heavy (non-hydrogen) atoms. The number of thioether (sulfide) groups is 1. The van der Waals surface area contributed by atoms with Crippen LogP contribution in [0.2, 0.25) is 0 Å². The van der Waals surface area contributed by atoms with E-state index in [-0.39, 0.29) is 11.3 Å². The molecule has 0 aliphatic heterocycles. The van der Waals surface area contributed by atoms with E-state index in [4.69, 9.17) is 4.74 Å². The first kappa shape index (κ1) is 20.2. The molecular weight excluding hydrogens is 374 g/mol. The van der Waals surface area contributed by atoms with Gasteiger partial charge >= 0.3 is 0 Å². The van der Waals surface area contributed by atoms with E-state index < -0.39 is 10.8 Å². The highest BCUT2D eigenvalue weighted by Gasteiger charge is 2.23. The number of ether oxygens (including phenoxy) is 1. The largest absolute Gasteiger partial charge is 0.495 e. The Kier molecular flexibility index (Phi) is 7.40. The van der Waals surface area contributed by atoms with Crippen LogP contribution in [0.15, 0.2) is 22.4 Å². The minimum Gasteiger partial charge on any atom is -0.495 e. The molecule has 1 heterocycles. The fraction of sp³-hybridized carbons (Fsp3) is 0.412. The van der Waals surface area contributed by atoms with Crippen LogP contribution < -0.4 is 10.1 Å². The van der Waals surface area contributed by atoms with E-state index in [9.17, 15) is 14.9 Å². The van der Waals surface area contributed by atoms with Crippen LogP contribution in [0.1, 0.15) is 33.9 Å². The molecule has 0 fully saturated rings. The first-order chi connectivity index (χ1) is 12.5. The van der Waals surface area contributed by atoms with Crippen LogP contribution in [0.5, 0.6) is 5.75 Å². The highest BCUT2D eigenvalue weighted by molar-refractivity contribution is 7.98. The minimum atomic E-state index is -0.563. The van der Waals surface area contributed by atoms with E-state index in [1.807, 2.05) is 18.6 Å². The quantitative estimate of drug-likeness (QED) is 0.300. The number of carbonyl (C=O) groups excluding carboxylic acids is 1. The maximum absolute atomic E-state index is 12.4. The Morgan fingerprint density at radius 1 is 1.42 bits per heavy atom. The van der Waals surface area contributed by atoms with Crippen molar-refractivity contribution in [3.8, 4) is 5.75 Å².